The van der Waals surface area contributed by atoms with Gasteiger partial charge in [-0.25, -0.2) is 4.68 Å². The minimum Gasteiger partial charge on any atom is -0.384 e. The minimum absolute atomic E-state index is 0.0619. The highest BCUT2D eigenvalue weighted by Gasteiger charge is 2.14. The van der Waals surface area contributed by atoms with Crippen LogP contribution >= 0.6 is 23.2 Å². The fourth-order valence-electron chi connectivity index (χ4n) is 3.41. The van der Waals surface area contributed by atoms with Crippen LogP contribution in [0.4, 0.5) is 11.5 Å². The molecule has 0 aliphatic rings. The Kier molecular flexibility index (Phi) is 6.19. The van der Waals surface area contributed by atoms with Gasteiger partial charge < -0.3 is 11.1 Å². The fraction of sp³-hybridized carbons (Fsp3) is 0.154. The molecule has 3 aromatic carbocycles. The first-order chi connectivity index (χ1) is 15.6. The zero-order valence-corrected chi connectivity index (χ0v) is 20.1. The first-order valence-corrected chi connectivity index (χ1v) is 11.2. The van der Waals surface area contributed by atoms with Crippen molar-refractivity contribution in [2.45, 2.75) is 26.2 Å². The van der Waals surface area contributed by atoms with Gasteiger partial charge in [-0.2, -0.15) is 5.10 Å². The number of nitrogen functional groups attached to an aromatic ring is 1. The number of carbonyl (C=O) groups is 1. The molecule has 1 heterocycles. The molecule has 3 N–H and O–H groups in total. The van der Waals surface area contributed by atoms with Gasteiger partial charge in [-0.3, -0.25) is 4.79 Å². The van der Waals surface area contributed by atoms with Crippen molar-refractivity contribution in [2.24, 2.45) is 0 Å². The van der Waals surface area contributed by atoms with E-state index in [0.717, 1.165) is 16.9 Å². The molecule has 168 valence electrons. The molecule has 0 radical (unpaired) electrons. The predicted molar refractivity (Wildman–Crippen MR) is 137 cm³/mol. The summed E-state index contributed by atoms with van der Waals surface area (Å²) in [5, 5.41) is 8.44. The van der Waals surface area contributed by atoms with Gasteiger partial charge in [-0.1, -0.05) is 62.2 Å². The van der Waals surface area contributed by atoms with Crippen molar-refractivity contribution < 1.29 is 4.79 Å². The van der Waals surface area contributed by atoms with E-state index in [-0.39, 0.29) is 11.3 Å². The number of hydrogen-bond donors (Lipinski definition) is 2. The second-order valence-electron chi connectivity index (χ2n) is 8.82. The third-order valence-electron chi connectivity index (χ3n) is 5.34. The summed E-state index contributed by atoms with van der Waals surface area (Å²) in [6.07, 6.45) is 0. The molecule has 0 fully saturated rings. The van der Waals surface area contributed by atoms with Crippen LogP contribution in [-0.2, 0) is 5.41 Å². The molecule has 4 rings (SSSR count). The smallest absolute Gasteiger partial charge is 0.255 e. The Labute approximate surface area is 203 Å². The van der Waals surface area contributed by atoms with Crippen LogP contribution < -0.4 is 11.1 Å². The fourth-order valence-corrected chi connectivity index (χ4v) is 3.71. The lowest BCUT2D eigenvalue weighted by Crippen LogP contribution is -2.13. The number of nitrogens with zero attached hydrogens (tertiary/aromatic N) is 2. The Balaban J connectivity index is 1.51. The van der Waals surface area contributed by atoms with Crippen LogP contribution in [0.3, 0.4) is 0 Å². The van der Waals surface area contributed by atoms with E-state index < -0.39 is 0 Å². The van der Waals surface area contributed by atoms with Crippen molar-refractivity contribution in [1.82, 2.24) is 9.78 Å². The molecule has 0 unspecified atom stereocenters. The monoisotopic (exact) mass is 478 g/mol. The first kappa shape index (κ1) is 22.9. The van der Waals surface area contributed by atoms with Gasteiger partial charge in [0.05, 0.1) is 21.4 Å². The maximum absolute atomic E-state index is 12.7. The summed E-state index contributed by atoms with van der Waals surface area (Å²) >= 11 is 12.1. The standard InChI is InChI=1S/C26H24Cl2N4O/c1-26(2,3)18-7-9-19(10-8-18)30-25(33)16-4-11-20(12-5-16)32-24(29)15-23(31-32)17-6-13-21(27)22(28)14-17/h4-15H,29H2,1-3H3,(H,30,33). The lowest BCUT2D eigenvalue weighted by Gasteiger charge is -2.19. The zero-order chi connectivity index (χ0) is 23.8. The van der Waals surface area contributed by atoms with E-state index in [2.05, 4.69) is 31.2 Å². The molecule has 1 amide bonds. The van der Waals surface area contributed by atoms with Crippen molar-refractivity contribution >= 4 is 40.6 Å². The highest BCUT2D eigenvalue weighted by molar-refractivity contribution is 6.42. The van der Waals surface area contributed by atoms with Crippen LogP contribution in [0.2, 0.25) is 10.0 Å². The number of carbonyl (C=O) groups excluding carboxylic acids is 1. The lowest BCUT2D eigenvalue weighted by atomic mass is 9.87. The highest BCUT2D eigenvalue weighted by Crippen LogP contribution is 2.29. The van der Waals surface area contributed by atoms with E-state index >= 15 is 0 Å². The van der Waals surface area contributed by atoms with Crippen molar-refractivity contribution in [3.8, 4) is 16.9 Å². The molecular formula is C26H24Cl2N4O. The Morgan fingerprint density at radius 1 is 0.909 bits per heavy atom. The first-order valence-electron chi connectivity index (χ1n) is 10.4. The van der Waals surface area contributed by atoms with E-state index in [1.807, 2.05) is 30.3 Å². The van der Waals surface area contributed by atoms with Crippen molar-refractivity contribution in [3.63, 3.8) is 0 Å². The number of nitrogens with one attached hydrogen (secondary N) is 1. The maximum Gasteiger partial charge on any atom is 0.255 e. The summed E-state index contributed by atoms with van der Waals surface area (Å²) in [7, 11) is 0. The molecule has 5 nitrogen and oxygen atoms in total. The number of hydrogen-bond acceptors (Lipinski definition) is 3. The normalized spacial score (nSPS) is 11.4. The molecule has 0 bridgehead atoms. The largest absolute Gasteiger partial charge is 0.384 e. The Morgan fingerprint density at radius 3 is 2.18 bits per heavy atom. The lowest BCUT2D eigenvalue weighted by molar-refractivity contribution is 0.102. The number of amides is 1. The number of halogens is 2. The highest BCUT2D eigenvalue weighted by atomic mass is 35.5. The van der Waals surface area contributed by atoms with Crippen LogP contribution in [0.15, 0.2) is 72.8 Å². The molecule has 0 atom stereocenters. The predicted octanol–water partition coefficient (Wildman–Crippen LogP) is 6.98. The van der Waals surface area contributed by atoms with E-state index in [4.69, 9.17) is 28.9 Å². The molecule has 0 saturated heterocycles. The second-order valence-corrected chi connectivity index (χ2v) is 9.64. The van der Waals surface area contributed by atoms with Crippen molar-refractivity contribution in [1.29, 1.82) is 0 Å². The minimum atomic E-state index is -0.185. The number of benzene rings is 3. The van der Waals surface area contributed by atoms with E-state index in [9.17, 15) is 4.79 Å². The number of nitrogens with two attached hydrogens (primary N) is 1. The van der Waals surface area contributed by atoms with Crippen LogP contribution in [-0.4, -0.2) is 15.7 Å². The van der Waals surface area contributed by atoms with Gasteiger partial charge in [-0.15, -0.1) is 0 Å². The molecule has 33 heavy (non-hydrogen) atoms. The van der Waals surface area contributed by atoms with Crippen LogP contribution in [0.5, 0.6) is 0 Å². The van der Waals surface area contributed by atoms with Crippen LogP contribution in [0, 0.1) is 0 Å². The number of rotatable bonds is 4. The van der Waals surface area contributed by atoms with Gasteiger partial charge in [0.1, 0.15) is 5.82 Å². The zero-order valence-electron chi connectivity index (χ0n) is 18.6. The third-order valence-corrected chi connectivity index (χ3v) is 6.07. The summed E-state index contributed by atoms with van der Waals surface area (Å²) in [4.78, 5) is 12.7. The van der Waals surface area contributed by atoms with Crippen molar-refractivity contribution in [2.75, 3.05) is 11.1 Å². The Hall–Kier alpha value is -3.28. The van der Waals surface area contributed by atoms with E-state index in [0.29, 0.717) is 27.1 Å². The van der Waals surface area contributed by atoms with Crippen LogP contribution in [0.1, 0.15) is 36.7 Å². The molecule has 0 saturated carbocycles. The summed E-state index contributed by atoms with van der Waals surface area (Å²) in [6, 6.07) is 22.1. The summed E-state index contributed by atoms with van der Waals surface area (Å²) < 4.78 is 1.62. The van der Waals surface area contributed by atoms with Gasteiger partial charge in [0, 0.05) is 22.9 Å². The third kappa shape index (κ3) is 5.05. The Morgan fingerprint density at radius 2 is 1.58 bits per heavy atom. The SMILES string of the molecule is CC(C)(C)c1ccc(NC(=O)c2ccc(-n3nc(-c4ccc(Cl)c(Cl)c4)cc3N)cc2)cc1. The molecule has 0 spiro atoms. The molecule has 0 aliphatic carbocycles. The topological polar surface area (TPSA) is 72.9 Å². The summed E-state index contributed by atoms with van der Waals surface area (Å²) in [6.45, 7) is 6.46. The Bertz CT molecular complexity index is 1300. The van der Waals surface area contributed by atoms with E-state index in [1.54, 1.807) is 47.1 Å². The van der Waals surface area contributed by atoms with Gasteiger partial charge in [-0.05, 0) is 59.5 Å². The second kappa shape index (κ2) is 8.93. The molecule has 1 aromatic heterocycles. The summed E-state index contributed by atoms with van der Waals surface area (Å²) in [5.41, 5.74) is 11.0. The van der Waals surface area contributed by atoms with Gasteiger partial charge in [0.2, 0.25) is 0 Å². The van der Waals surface area contributed by atoms with Gasteiger partial charge >= 0.3 is 0 Å². The molecular weight excluding hydrogens is 455 g/mol. The molecule has 7 heteroatoms. The summed E-state index contributed by atoms with van der Waals surface area (Å²) in [5.74, 6) is 0.280. The van der Waals surface area contributed by atoms with E-state index in [1.165, 1.54) is 5.56 Å². The van der Waals surface area contributed by atoms with Crippen LogP contribution in [0.25, 0.3) is 16.9 Å². The average Bonchev–Trinajstić information content (AvgIpc) is 3.17. The quantitative estimate of drug-likeness (QED) is 0.332. The van der Waals surface area contributed by atoms with Gasteiger partial charge in [0.25, 0.3) is 5.91 Å². The average molecular weight is 479 g/mol. The number of anilines is 2. The molecule has 0 aliphatic heterocycles. The van der Waals surface area contributed by atoms with Crippen molar-refractivity contribution in [3.05, 3.63) is 94.0 Å². The molecule has 4 aromatic rings. The number of aromatic nitrogens is 2. The van der Waals surface area contributed by atoms with Gasteiger partial charge in [0.15, 0.2) is 0 Å². The maximum atomic E-state index is 12.7.